The Morgan fingerprint density at radius 2 is 1.81 bits per heavy atom. The van der Waals surface area contributed by atoms with E-state index in [1.54, 1.807) is 48.8 Å². The summed E-state index contributed by atoms with van der Waals surface area (Å²) >= 11 is 6.13. The number of carbonyl (C=O) groups excluding carboxylic acids is 1. The molecule has 0 aliphatic heterocycles. The van der Waals surface area contributed by atoms with Crippen LogP contribution in [0.2, 0.25) is 5.02 Å². The first-order valence-corrected chi connectivity index (χ1v) is 9.90. The van der Waals surface area contributed by atoms with Crippen LogP contribution in [0.5, 0.6) is 0 Å². The van der Waals surface area contributed by atoms with Crippen molar-refractivity contribution in [1.29, 1.82) is 0 Å². The van der Waals surface area contributed by atoms with E-state index in [4.69, 9.17) is 11.6 Å². The first-order chi connectivity index (χ1) is 15.0. The fraction of sp³-hybridized carbons (Fsp3) is 0.136. The minimum atomic E-state index is -0.595. The average molecular weight is 436 g/mol. The highest BCUT2D eigenvalue weighted by Crippen LogP contribution is 2.14. The van der Waals surface area contributed by atoms with Gasteiger partial charge in [0.25, 0.3) is 5.56 Å². The molecule has 3 aromatic heterocycles. The van der Waals surface area contributed by atoms with Crippen LogP contribution in [0.25, 0.3) is 11.0 Å². The van der Waals surface area contributed by atoms with Gasteiger partial charge in [0.1, 0.15) is 6.54 Å². The molecule has 4 rings (SSSR count). The predicted molar refractivity (Wildman–Crippen MR) is 117 cm³/mol. The smallest absolute Gasteiger partial charge is 0.332 e. The third-order valence-electron chi connectivity index (χ3n) is 4.79. The molecule has 0 radical (unpaired) electrons. The van der Waals surface area contributed by atoms with Gasteiger partial charge in [0.05, 0.1) is 12.1 Å². The van der Waals surface area contributed by atoms with Crippen molar-refractivity contribution < 1.29 is 4.79 Å². The fourth-order valence-electron chi connectivity index (χ4n) is 3.24. The lowest BCUT2D eigenvalue weighted by molar-refractivity contribution is -0.121. The first-order valence-electron chi connectivity index (χ1n) is 9.52. The van der Waals surface area contributed by atoms with Gasteiger partial charge in [0.15, 0.2) is 5.52 Å². The Bertz CT molecular complexity index is 1370. The summed E-state index contributed by atoms with van der Waals surface area (Å²) in [5.74, 6) is -0.390. The molecule has 0 aliphatic rings. The van der Waals surface area contributed by atoms with Crippen LogP contribution in [0.4, 0.5) is 0 Å². The molecule has 3 heterocycles. The van der Waals surface area contributed by atoms with Crippen molar-refractivity contribution in [2.75, 3.05) is 0 Å². The van der Waals surface area contributed by atoms with Gasteiger partial charge in [-0.2, -0.15) is 0 Å². The van der Waals surface area contributed by atoms with Gasteiger partial charge in [-0.05, 0) is 35.4 Å². The third-order valence-corrected chi connectivity index (χ3v) is 5.15. The zero-order chi connectivity index (χ0) is 21.8. The van der Waals surface area contributed by atoms with Crippen molar-refractivity contribution in [1.82, 2.24) is 24.4 Å². The minimum absolute atomic E-state index is 0.0270. The number of nitrogens with one attached hydrogen (secondary N) is 1. The maximum absolute atomic E-state index is 13.1. The summed E-state index contributed by atoms with van der Waals surface area (Å²) in [6.07, 6.45) is 4.66. The number of hydrogen-bond acceptors (Lipinski definition) is 5. The molecule has 0 aliphatic carbocycles. The van der Waals surface area contributed by atoms with Crippen LogP contribution < -0.4 is 16.6 Å². The molecule has 4 aromatic rings. The van der Waals surface area contributed by atoms with Crippen LogP contribution in [-0.4, -0.2) is 25.0 Å². The number of nitrogens with zero attached hydrogens (tertiary/aromatic N) is 4. The molecule has 0 spiro atoms. The van der Waals surface area contributed by atoms with E-state index in [0.29, 0.717) is 16.1 Å². The SMILES string of the molecule is O=C(Cn1c(=O)n(Cc2cccnc2)c(=O)c2ncccc21)NCc1ccccc1Cl. The number of hydrogen-bond donors (Lipinski definition) is 1. The number of rotatable bonds is 6. The summed E-state index contributed by atoms with van der Waals surface area (Å²) in [7, 11) is 0. The van der Waals surface area contributed by atoms with Gasteiger partial charge in [-0.15, -0.1) is 0 Å². The van der Waals surface area contributed by atoms with Crippen molar-refractivity contribution in [3.8, 4) is 0 Å². The highest BCUT2D eigenvalue weighted by molar-refractivity contribution is 6.31. The van der Waals surface area contributed by atoms with Gasteiger partial charge in [0, 0.05) is 30.2 Å². The highest BCUT2D eigenvalue weighted by Gasteiger charge is 2.16. The van der Waals surface area contributed by atoms with Crippen LogP contribution in [0.15, 0.2) is 76.7 Å². The van der Waals surface area contributed by atoms with E-state index < -0.39 is 17.2 Å². The second kappa shape index (κ2) is 8.93. The van der Waals surface area contributed by atoms with Gasteiger partial charge >= 0.3 is 5.69 Å². The second-order valence-electron chi connectivity index (χ2n) is 6.86. The van der Waals surface area contributed by atoms with E-state index in [2.05, 4.69) is 15.3 Å². The molecule has 1 amide bonds. The molecule has 0 saturated heterocycles. The highest BCUT2D eigenvalue weighted by atomic mass is 35.5. The average Bonchev–Trinajstić information content (AvgIpc) is 2.79. The van der Waals surface area contributed by atoms with E-state index in [0.717, 1.165) is 10.1 Å². The molecule has 0 bridgehead atoms. The number of halogens is 1. The number of pyridine rings is 2. The Hall–Kier alpha value is -3.78. The van der Waals surface area contributed by atoms with Crippen LogP contribution in [0.3, 0.4) is 0 Å². The van der Waals surface area contributed by atoms with Crippen LogP contribution in [-0.2, 0) is 24.4 Å². The third kappa shape index (κ3) is 4.39. The predicted octanol–water partition coefficient (Wildman–Crippen LogP) is 1.97. The monoisotopic (exact) mass is 435 g/mol. The summed E-state index contributed by atoms with van der Waals surface area (Å²) in [5.41, 5.74) is 0.752. The molecule has 0 fully saturated rings. The first kappa shape index (κ1) is 20.5. The summed E-state index contributed by atoms with van der Waals surface area (Å²) in [6, 6.07) is 13.9. The molecular weight excluding hydrogens is 418 g/mol. The summed E-state index contributed by atoms with van der Waals surface area (Å²) in [5, 5.41) is 3.30. The Labute approximate surface area is 181 Å². The largest absolute Gasteiger partial charge is 0.350 e. The van der Waals surface area contributed by atoms with Crippen LogP contribution in [0, 0.1) is 0 Å². The fourth-order valence-corrected chi connectivity index (χ4v) is 3.45. The van der Waals surface area contributed by atoms with Gasteiger partial charge < -0.3 is 5.32 Å². The maximum Gasteiger partial charge on any atom is 0.332 e. The standard InChI is InChI=1S/C22H18ClN5O3/c23-17-7-2-1-6-16(17)12-26-19(29)14-27-18-8-4-10-25-20(18)21(30)28(22(27)31)13-15-5-3-9-24-11-15/h1-11H,12-14H2,(H,26,29). The van der Waals surface area contributed by atoms with Crippen molar-refractivity contribution in [3.63, 3.8) is 0 Å². The van der Waals surface area contributed by atoms with E-state index in [1.165, 1.54) is 10.8 Å². The number of benzene rings is 1. The zero-order valence-corrected chi connectivity index (χ0v) is 17.1. The van der Waals surface area contributed by atoms with Gasteiger partial charge in [-0.3, -0.25) is 23.7 Å². The quantitative estimate of drug-likeness (QED) is 0.499. The summed E-state index contributed by atoms with van der Waals surface area (Å²) in [6.45, 7) is -0.0170. The number of carbonyl (C=O) groups is 1. The lowest BCUT2D eigenvalue weighted by atomic mass is 10.2. The molecule has 1 aromatic carbocycles. The lowest BCUT2D eigenvalue weighted by Gasteiger charge is -2.14. The molecule has 1 N–H and O–H groups in total. The Morgan fingerprint density at radius 3 is 2.58 bits per heavy atom. The van der Waals surface area contributed by atoms with Crippen molar-refractivity contribution in [2.45, 2.75) is 19.6 Å². The molecule has 31 heavy (non-hydrogen) atoms. The van der Waals surface area contributed by atoms with Crippen LogP contribution >= 0.6 is 11.6 Å². The topological polar surface area (TPSA) is 98.9 Å². The number of amides is 1. The Kier molecular flexibility index (Phi) is 5.90. The van der Waals surface area contributed by atoms with E-state index >= 15 is 0 Å². The summed E-state index contributed by atoms with van der Waals surface area (Å²) < 4.78 is 2.32. The van der Waals surface area contributed by atoms with E-state index in [9.17, 15) is 14.4 Å². The number of aromatic nitrogens is 4. The molecular formula is C22H18ClN5O3. The summed E-state index contributed by atoms with van der Waals surface area (Å²) in [4.78, 5) is 46.8. The van der Waals surface area contributed by atoms with Gasteiger partial charge in [0.2, 0.25) is 5.91 Å². The van der Waals surface area contributed by atoms with Crippen molar-refractivity contribution in [2.24, 2.45) is 0 Å². The van der Waals surface area contributed by atoms with Crippen molar-refractivity contribution in [3.05, 3.63) is 104 Å². The maximum atomic E-state index is 13.1. The second-order valence-corrected chi connectivity index (χ2v) is 7.27. The minimum Gasteiger partial charge on any atom is -0.350 e. The molecule has 9 heteroatoms. The zero-order valence-electron chi connectivity index (χ0n) is 16.4. The Morgan fingerprint density at radius 1 is 1.00 bits per heavy atom. The number of fused-ring (bicyclic) bond motifs is 1. The Balaban J connectivity index is 1.68. The van der Waals surface area contributed by atoms with Gasteiger partial charge in [-0.1, -0.05) is 35.9 Å². The van der Waals surface area contributed by atoms with Gasteiger partial charge in [-0.25, -0.2) is 9.78 Å². The molecule has 8 nitrogen and oxygen atoms in total. The molecule has 0 unspecified atom stereocenters. The molecule has 0 saturated carbocycles. The van der Waals surface area contributed by atoms with E-state index in [1.807, 2.05) is 12.1 Å². The van der Waals surface area contributed by atoms with Crippen LogP contribution in [0.1, 0.15) is 11.1 Å². The normalized spacial score (nSPS) is 10.9. The lowest BCUT2D eigenvalue weighted by Crippen LogP contribution is -2.43. The van der Waals surface area contributed by atoms with Crippen molar-refractivity contribution >= 4 is 28.5 Å². The molecule has 156 valence electrons. The molecule has 0 atom stereocenters. The van der Waals surface area contributed by atoms with E-state index in [-0.39, 0.29) is 25.2 Å².